The number of carboxylic acids is 3. The summed E-state index contributed by atoms with van der Waals surface area (Å²) in [6.45, 7) is 15.3. The summed E-state index contributed by atoms with van der Waals surface area (Å²) in [4.78, 5) is 38.7. The van der Waals surface area contributed by atoms with E-state index in [0.717, 1.165) is 0 Å². The maximum atomic E-state index is 13.2. The van der Waals surface area contributed by atoms with Gasteiger partial charge in [0, 0.05) is 0 Å². The fraction of sp³-hybridized carbons (Fsp3) is 0.875. The zero-order valence-electron chi connectivity index (χ0n) is 20.8. The average Bonchev–Trinajstić information content (AvgIpc) is 2.52. The summed E-state index contributed by atoms with van der Waals surface area (Å²) in [6.07, 6.45) is 2.60. The lowest BCUT2D eigenvalue weighted by Gasteiger charge is -2.61. The van der Waals surface area contributed by atoms with Gasteiger partial charge in [-0.25, -0.2) is 4.79 Å². The van der Waals surface area contributed by atoms with Crippen molar-refractivity contribution in [2.75, 3.05) is 0 Å². The Morgan fingerprint density at radius 3 is 1.26 bits per heavy atom. The molecule has 182 valence electrons. The normalized spacial score (nSPS) is 16.5. The summed E-state index contributed by atoms with van der Waals surface area (Å²) in [5, 5.41) is 43.6. The monoisotopic (exact) mass is 444 g/mol. The first-order valence-corrected chi connectivity index (χ1v) is 11.3. The van der Waals surface area contributed by atoms with Crippen molar-refractivity contribution in [3.8, 4) is 0 Å². The average molecular weight is 445 g/mol. The molecule has 7 nitrogen and oxygen atoms in total. The molecular formula is C24H44O7. The van der Waals surface area contributed by atoms with Gasteiger partial charge < -0.3 is 20.4 Å². The van der Waals surface area contributed by atoms with Crippen LogP contribution in [0.5, 0.6) is 0 Å². The minimum absolute atomic E-state index is 0.308. The Labute approximate surface area is 187 Å². The highest BCUT2D eigenvalue weighted by Gasteiger charge is 2.77. The molecule has 2 unspecified atom stereocenters. The second kappa shape index (κ2) is 9.88. The van der Waals surface area contributed by atoms with Crippen molar-refractivity contribution >= 4 is 17.9 Å². The fourth-order valence-corrected chi connectivity index (χ4v) is 6.68. The molecule has 0 aromatic heterocycles. The Morgan fingerprint density at radius 2 is 1.03 bits per heavy atom. The number of carboxylic acid groups (broad SMARTS) is 3. The zero-order chi connectivity index (χ0) is 25.1. The van der Waals surface area contributed by atoms with Crippen molar-refractivity contribution in [1.29, 1.82) is 0 Å². The molecule has 7 heteroatoms. The molecule has 0 aromatic carbocycles. The van der Waals surface area contributed by atoms with Crippen molar-refractivity contribution in [2.24, 2.45) is 27.6 Å². The van der Waals surface area contributed by atoms with E-state index < -0.39 is 51.1 Å². The molecule has 4 N–H and O–H groups in total. The number of aliphatic hydroxyl groups is 1. The van der Waals surface area contributed by atoms with Crippen LogP contribution < -0.4 is 0 Å². The van der Waals surface area contributed by atoms with Crippen LogP contribution in [0.15, 0.2) is 0 Å². The molecule has 0 heterocycles. The number of aliphatic carboxylic acids is 3. The lowest BCUT2D eigenvalue weighted by atomic mass is 9.40. The molecule has 0 rings (SSSR count). The van der Waals surface area contributed by atoms with Crippen molar-refractivity contribution < 1.29 is 34.8 Å². The van der Waals surface area contributed by atoms with Crippen molar-refractivity contribution in [2.45, 2.75) is 106 Å². The SMILES string of the molecule is CCCC(C)(C)C(C(=O)O)C(O)(C(=O)O)C(C(=O)O)(C(C)(C)CCC)C(C)(C)CCC. The van der Waals surface area contributed by atoms with Crippen LogP contribution in [-0.4, -0.2) is 43.9 Å². The summed E-state index contributed by atoms with van der Waals surface area (Å²) in [6, 6.07) is 0. The topological polar surface area (TPSA) is 132 Å². The van der Waals surface area contributed by atoms with Gasteiger partial charge in [0.05, 0.1) is 0 Å². The highest BCUT2D eigenvalue weighted by molar-refractivity contribution is 5.95. The van der Waals surface area contributed by atoms with E-state index in [0.29, 0.717) is 38.5 Å². The molecular weight excluding hydrogens is 400 g/mol. The van der Waals surface area contributed by atoms with Crippen LogP contribution in [-0.2, 0) is 14.4 Å². The molecule has 31 heavy (non-hydrogen) atoms. The van der Waals surface area contributed by atoms with E-state index in [1.807, 2.05) is 20.8 Å². The van der Waals surface area contributed by atoms with E-state index in [1.54, 1.807) is 41.5 Å². The van der Waals surface area contributed by atoms with E-state index in [1.165, 1.54) is 0 Å². The molecule has 0 spiro atoms. The Kier molecular flexibility index (Phi) is 9.36. The van der Waals surface area contributed by atoms with Crippen molar-refractivity contribution in [1.82, 2.24) is 0 Å². The van der Waals surface area contributed by atoms with Gasteiger partial charge in [0.1, 0.15) is 11.3 Å². The second-order valence-electron chi connectivity index (χ2n) is 10.9. The minimum atomic E-state index is -3.05. The molecule has 0 fully saturated rings. The third-order valence-electron chi connectivity index (χ3n) is 7.34. The van der Waals surface area contributed by atoms with Crippen LogP contribution in [0.1, 0.15) is 101 Å². The molecule has 2 atom stereocenters. The molecule has 0 bridgehead atoms. The van der Waals surface area contributed by atoms with Gasteiger partial charge in [-0.15, -0.1) is 0 Å². The third-order valence-corrected chi connectivity index (χ3v) is 7.34. The summed E-state index contributed by atoms with van der Waals surface area (Å²) in [7, 11) is 0. The van der Waals surface area contributed by atoms with Crippen molar-refractivity contribution in [3.63, 3.8) is 0 Å². The Morgan fingerprint density at radius 1 is 0.677 bits per heavy atom. The van der Waals surface area contributed by atoms with E-state index in [9.17, 15) is 34.8 Å². The van der Waals surface area contributed by atoms with Gasteiger partial charge in [-0.05, 0) is 35.5 Å². The van der Waals surface area contributed by atoms with Crippen LogP contribution in [0.4, 0.5) is 0 Å². The largest absolute Gasteiger partial charge is 0.481 e. The molecule has 0 saturated heterocycles. The predicted octanol–water partition coefficient (Wildman–Crippen LogP) is 5.05. The van der Waals surface area contributed by atoms with Crippen molar-refractivity contribution in [3.05, 3.63) is 0 Å². The first-order valence-electron chi connectivity index (χ1n) is 11.3. The molecule has 0 radical (unpaired) electrons. The highest BCUT2D eigenvalue weighted by Crippen LogP contribution is 2.65. The first-order chi connectivity index (χ1) is 13.9. The van der Waals surface area contributed by atoms with Gasteiger partial charge in [-0.3, -0.25) is 9.59 Å². The van der Waals surface area contributed by atoms with Crippen LogP contribution in [0, 0.1) is 27.6 Å². The van der Waals surface area contributed by atoms with E-state index in [4.69, 9.17) is 0 Å². The van der Waals surface area contributed by atoms with E-state index in [-0.39, 0.29) is 0 Å². The molecule has 0 aromatic rings. The lowest BCUT2D eigenvalue weighted by molar-refractivity contribution is -0.256. The number of hydrogen-bond donors (Lipinski definition) is 4. The number of rotatable bonds is 14. The first kappa shape index (κ1) is 29.4. The Bertz CT molecular complexity index is 645. The molecule has 0 aliphatic heterocycles. The van der Waals surface area contributed by atoms with E-state index in [2.05, 4.69) is 0 Å². The molecule has 0 aliphatic carbocycles. The summed E-state index contributed by atoms with van der Waals surface area (Å²) in [5.74, 6) is -6.62. The van der Waals surface area contributed by atoms with E-state index >= 15 is 0 Å². The quantitative estimate of drug-likeness (QED) is 0.294. The van der Waals surface area contributed by atoms with Gasteiger partial charge >= 0.3 is 17.9 Å². The highest BCUT2D eigenvalue weighted by atomic mass is 16.4. The Balaban J connectivity index is 7.86. The Hall–Kier alpha value is -1.63. The van der Waals surface area contributed by atoms with Gasteiger partial charge in [-0.2, -0.15) is 0 Å². The summed E-state index contributed by atoms with van der Waals surface area (Å²) in [5.41, 5.74) is -8.95. The number of hydrogen-bond acceptors (Lipinski definition) is 4. The summed E-state index contributed by atoms with van der Waals surface area (Å²) >= 11 is 0. The lowest BCUT2D eigenvalue weighted by Crippen LogP contribution is -2.75. The van der Waals surface area contributed by atoms with Crippen LogP contribution in [0.25, 0.3) is 0 Å². The van der Waals surface area contributed by atoms with Gasteiger partial charge in [0.25, 0.3) is 0 Å². The standard InChI is InChI=1S/C24H44O7/c1-10-13-20(4,5)16(17(25)26)23(31,18(27)28)24(19(29)30,21(6,7)14-11-2)22(8,9)15-12-3/h16,31H,10-15H2,1-9H3,(H,25,26)(H,27,28)(H,29,30). The van der Waals surface area contributed by atoms with Crippen LogP contribution >= 0.6 is 0 Å². The van der Waals surface area contributed by atoms with Gasteiger partial charge in [-0.1, -0.05) is 81.6 Å². The second-order valence-corrected chi connectivity index (χ2v) is 10.9. The van der Waals surface area contributed by atoms with Gasteiger partial charge in [0.2, 0.25) is 0 Å². The fourth-order valence-electron chi connectivity index (χ4n) is 6.68. The van der Waals surface area contributed by atoms with Crippen LogP contribution in [0.2, 0.25) is 0 Å². The minimum Gasteiger partial charge on any atom is -0.481 e. The maximum Gasteiger partial charge on any atom is 0.337 e. The molecule has 0 saturated carbocycles. The number of carbonyl (C=O) groups is 3. The summed E-state index contributed by atoms with van der Waals surface area (Å²) < 4.78 is 0. The predicted molar refractivity (Wildman–Crippen MR) is 120 cm³/mol. The molecule has 0 aliphatic rings. The van der Waals surface area contributed by atoms with Gasteiger partial charge in [0.15, 0.2) is 5.60 Å². The smallest absolute Gasteiger partial charge is 0.337 e. The molecule has 0 amide bonds. The maximum absolute atomic E-state index is 13.2. The van der Waals surface area contributed by atoms with Crippen LogP contribution in [0.3, 0.4) is 0 Å². The zero-order valence-corrected chi connectivity index (χ0v) is 20.8. The third kappa shape index (κ3) is 4.62.